The van der Waals surface area contributed by atoms with Crippen molar-refractivity contribution in [2.45, 2.75) is 13.0 Å². The van der Waals surface area contributed by atoms with E-state index in [2.05, 4.69) is 5.32 Å². The summed E-state index contributed by atoms with van der Waals surface area (Å²) < 4.78 is 0. The normalized spacial score (nSPS) is 12.2. The van der Waals surface area contributed by atoms with Crippen LogP contribution in [0.25, 0.3) is 0 Å². The molecule has 4 N–H and O–H groups in total. The number of hydrogen-bond acceptors (Lipinski definition) is 3. The lowest BCUT2D eigenvalue weighted by molar-refractivity contribution is 0.0949. The maximum Gasteiger partial charge on any atom is 0.255 e. The molecule has 1 atom stereocenters. The summed E-state index contributed by atoms with van der Waals surface area (Å²) in [5.74, 6) is -0.494. The molecule has 0 saturated carbocycles. The Morgan fingerprint density at radius 2 is 2.33 bits per heavy atom. The van der Waals surface area contributed by atoms with Crippen LogP contribution in [-0.4, -0.2) is 23.6 Å². The molecule has 82 valence electrons. The van der Waals surface area contributed by atoms with E-state index in [-0.39, 0.29) is 23.3 Å². The van der Waals surface area contributed by atoms with Gasteiger partial charge in [0.15, 0.2) is 0 Å². The third kappa shape index (κ3) is 3.42. The first kappa shape index (κ1) is 11.8. The summed E-state index contributed by atoms with van der Waals surface area (Å²) in [7, 11) is 0. The summed E-state index contributed by atoms with van der Waals surface area (Å²) in [4.78, 5) is 11.5. The Morgan fingerprint density at radius 1 is 1.67 bits per heavy atom. The van der Waals surface area contributed by atoms with Gasteiger partial charge < -0.3 is 16.2 Å². The Bertz CT molecular complexity index is 366. The number of carbonyl (C=O) groups is 1. The van der Waals surface area contributed by atoms with Crippen LogP contribution in [0.5, 0.6) is 5.75 Å². The van der Waals surface area contributed by atoms with E-state index in [1.54, 1.807) is 13.0 Å². The highest BCUT2D eigenvalue weighted by Gasteiger charge is 2.11. The summed E-state index contributed by atoms with van der Waals surface area (Å²) >= 11 is 5.64. The van der Waals surface area contributed by atoms with Gasteiger partial charge in [-0.2, -0.15) is 0 Å². The highest BCUT2D eigenvalue weighted by Crippen LogP contribution is 2.21. The highest BCUT2D eigenvalue weighted by molar-refractivity contribution is 6.30. The molecule has 0 spiro atoms. The van der Waals surface area contributed by atoms with E-state index >= 15 is 0 Å². The zero-order valence-corrected chi connectivity index (χ0v) is 9.08. The molecule has 1 rings (SSSR count). The number of phenolic OH excluding ortho intramolecular Hbond substituents is 1. The summed E-state index contributed by atoms with van der Waals surface area (Å²) in [5.41, 5.74) is 5.68. The lowest BCUT2D eigenvalue weighted by Crippen LogP contribution is -2.35. The number of nitrogens with one attached hydrogen (secondary N) is 1. The van der Waals surface area contributed by atoms with Gasteiger partial charge in [-0.1, -0.05) is 11.6 Å². The number of amides is 1. The quantitative estimate of drug-likeness (QED) is 0.726. The molecule has 0 aliphatic carbocycles. The molecule has 0 heterocycles. The second kappa shape index (κ2) is 5.00. The average Bonchev–Trinajstić information content (AvgIpc) is 2.14. The standard InChI is InChI=1S/C10H13ClN2O2/c1-6(12)5-13-10(15)8-3-2-7(11)4-9(8)14/h2-4,6,14H,5,12H2,1H3,(H,13,15). The second-order valence-corrected chi connectivity index (χ2v) is 3.79. The van der Waals surface area contributed by atoms with Crippen molar-refractivity contribution in [1.29, 1.82) is 0 Å². The Kier molecular flexibility index (Phi) is 3.94. The van der Waals surface area contributed by atoms with Gasteiger partial charge in [0, 0.05) is 17.6 Å². The van der Waals surface area contributed by atoms with Crippen LogP contribution in [0.1, 0.15) is 17.3 Å². The van der Waals surface area contributed by atoms with E-state index in [1.807, 2.05) is 0 Å². The zero-order chi connectivity index (χ0) is 11.4. The smallest absolute Gasteiger partial charge is 0.255 e. The fraction of sp³-hybridized carbons (Fsp3) is 0.300. The van der Waals surface area contributed by atoms with Crippen molar-refractivity contribution < 1.29 is 9.90 Å². The maximum atomic E-state index is 11.5. The molecule has 15 heavy (non-hydrogen) atoms. The first-order valence-electron chi connectivity index (χ1n) is 4.53. The fourth-order valence-corrected chi connectivity index (χ4v) is 1.21. The first-order valence-corrected chi connectivity index (χ1v) is 4.91. The monoisotopic (exact) mass is 228 g/mol. The van der Waals surface area contributed by atoms with Gasteiger partial charge in [-0.15, -0.1) is 0 Å². The lowest BCUT2D eigenvalue weighted by atomic mass is 10.2. The third-order valence-electron chi connectivity index (χ3n) is 1.79. The minimum Gasteiger partial charge on any atom is -0.507 e. The highest BCUT2D eigenvalue weighted by atomic mass is 35.5. The predicted molar refractivity (Wildman–Crippen MR) is 59.1 cm³/mol. The Labute approximate surface area is 93.0 Å². The molecule has 5 heteroatoms. The Morgan fingerprint density at radius 3 is 2.87 bits per heavy atom. The van der Waals surface area contributed by atoms with Gasteiger partial charge in [0.05, 0.1) is 5.56 Å². The predicted octanol–water partition coefficient (Wildman–Crippen LogP) is 1.12. The van der Waals surface area contributed by atoms with Gasteiger partial charge in [0.25, 0.3) is 5.91 Å². The maximum absolute atomic E-state index is 11.5. The number of aromatic hydroxyl groups is 1. The van der Waals surface area contributed by atoms with Gasteiger partial charge in [-0.25, -0.2) is 0 Å². The molecule has 1 aromatic rings. The SMILES string of the molecule is CC(N)CNC(=O)c1ccc(Cl)cc1O. The van der Waals surface area contributed by atoms with E-state index in [0.717, 1.165) is 0 Å². The van der Waals surface area contributed by atoms with Crippen LogP contribution in [0, 0.1) is 0 Å². The summed E-state index contributed by atoms with van der Waals surface area (Å²) in [6.07, 6.45) is 0. The van der Waals surface area contributed by atoms with Crippen molar-refractivity contribution in [3.8, 4) is 5.75 Å². The Balaban J connectivity index is 2.74. The van der Waals surface area contributed by atoms with Gasteiger partial charge in [-0.05, 0) is 25.1 Å². The van der Waals surface area contributed by atoms with Gasteiger partial charge in [0.1, 0.15) is 5.75 Å². The molecule has 0 aromatic heterocycles. The number of halogens is 1. The molecular weight excluding hydrogens is 216 g/mol. The van der Waals surface area contributed by atoms with Crippen molar-refractivity contribution in [2.75, 3.05) is 6.54 Å². The fourth-order valence-electron chi connectivity index (χ4n) is 1.05. The van der Waals surface area contributed by atoms with Crippen molar-refractivity contribution in [3.05, 3.63) is 28.8 Å². The van der Waals surface area contributed by atoms with E-state index in [0.29, 0.717) is 11.6 Å². The molecule has 0 fully saturated rings. The van der Waals surface area contributed by atoms with Gasteiger partial charge in [0.2, 0.25) is 0 Å². The Hall–Kier alpha value is -1.26. The minimum atomic E-state index is -0.360. The van der Waals surface area contributed by atoms with Crippen molar-refractivity contribution in [3.63, 3.8) is 0 Å². The van der Waals surface area contributed by atoms with Crippen LogP contribution in [0.15, 0.2) is 18.2 Å². The van der Waals surface area contributed by atoms with Crippen molar-refractivity contribution >= 4 is 17.5 Å². The third-order valence-corrected chi connectivity index (χ3v) is 2.02. The minimum absolute atomic E-state index is 0.122. The number of hydrogen-bond donors (Lipinski definition) is 3. The lowest BCUT2D eigenvalue weighted by Gasteiger charge is -2.08. The summed E-state index contributed by atoms with van der Waals surface area (Å²) in [6.45, 7) is 2.14. The summed E-state index contributed by atoms with van der Waals surface area (Å²) in [6, 6.07) is 4.21. The largest absolute Gasteiger partial charge is 0.507 e. The van der Waals surface area contributed by atoms with Crippen molar-refractivity contribution in [1.82, 2.24) is 5.32 Å². The van der Waals surface area contributed by atoms with E-state index in [1.165, 1.54) is 12.1 Å². The average molecular weight is 229 g/mol. The molecule has 0 bridgehead atoms. The van der Waals surface area contributed by atoms with Crippen LogP contribution in [0.2, 0.25) is 5.02 Å². The molecule has 0 aliphatic rings. The van der Waals surface area contributed by atoms with Gasteiger partial charge in [-0.3, -0.25) is 4.79 Å². The molecule has 1 unspecified atom stereocenters. The first-order chi connectivity index (χ1) is 7.00. The number of phenols is 1. The van der Waals surface area contributed by atoms with E-state index in [4.69, 9.17) is 17.3 Å². The number of carbonyl (C=O) groups excluding carboxylic acids is 1. The van der Waals surface area contributed by atoms with Crippen LogP contribution >= 0.6 is 11.6 Å². The van der Waals surface area contributed by atoms with Crippen molar-refractivity contribution in [2.24, 2.45) is 5.73 Å². The van der Waals surface area contributed by atoms with E-state index in [9.17, 15) is 9.90 Å². The topological polar surface area (TPSA) is 75.3 Å². The van der Waals surface area contributed by atoms with Crippen LogP contribution in [0.3, 0.4) is 0 Å². The molecule has 0 radical (unpaired) electrons. The molecule has 1 aromatic carbocycles. The van der Waals surface area contributed by atoms with Gasteiger partial charge >= 0.3 is 0 Å². The number of benzene rings is 1. The van der Waals surface area contributed by atoms with Crippen LogP contribution in [-0.2, 0) is 0 Å². The molecular formula is C10H13ClN2O2. The van der Waals surface area contributed by atoms with E-state index < -0.39 is 0 Å². The second-order valence-electron chi connectivity index (χ2n) is 3.35. The van der Waals surface area contributed by atoms with Crippen LogP contribution < -0.4 is 11.1 Å². The summed E-state index contributed by atoms with van der Waals surface area (Å²) in [5, 5.41) is 12.4. The molecule has 4 nitrogen and oxygen atoms in total. The van der Waals surface area contributed by atoms with Crippen LogP contribution in [0.4, 0.5) is 0 Å². The number of nitrogens with two attached hydrogens (primary N) is 1. The molecule has 0 saturated heterocycles. The molecule has 0 aliphatic heterocycles. The molecule has 1 amide bonds. The zero-order valence-electron chi connectivity index (χ0n) is 8.33. The number of rotatable bonds is 3.